The van der Waals surface area contributed by atoms with Crippen molar-refractivity contribution in [3.05, 3.63) is 29.8 Å². The van der Waals surface area contributed by atoms with Crippen LogP contribution in [0.15, 0.2) is 24.3 Å². The van der Waals surface area contributed by atoms with Gasteiger partial charge >= 0.3 is 0 Å². The zero-order valence-electron chi connectivity index (χ0n) is 14.7. The summed E-state index contributed by atoms with van der Waals surface area (Å²) in [6, 6.07) is 8.85. The summed E-state index contributed by atoms with van der Waals surface area (Å²) in [6.45, 7) is 9.42. The molecule has 1 aromatic rings. The zero-order chi connectivity index (χ0) is 16.5. The van der Waals surface area contributed by atoms with Crippen LogP contribution in [-0.4, -0.2) is 45.1 Å². The van der Waals surface area contributed by atoms with Crippen LogP contribution in [0.2, 0.25) is 0 Å². The second kappa shape index (κ2) is 9.26. The summed E-state index contributed by atoms with van der Waals surface area (Å²) < 4.78 is 11.1. The predicted octanol–water partition coefficient (Wildman–Crippen LogP) is 2.99. The number of rotatable bonds is 9. The summed E-state index contributed by atoms with van der Waals surface area (Å²) in [5.74, 6) is 0. The van der Waals surface area contributed by atoms with Gasteiger partial charge in [-0.1, -0.05) is 12.1 Å². The largest absolute Gasteiger partial charge is 0.381 e. The molecule has 0 saturated carbocycles. The standard InChI is InChI=1S/C19H32N2O2/c1-19(2,20)10-3-4-13-22-14-9-17-5-7-18(8-6-17)21-11-15-23-16-12-21/h5-8H,3-4,9-16,20H2,1-2H3. The molecule has 1 heterocycles. The molecular weight excluding hydrogens is 288 g/mol. The van der Waals surface area contributed by atoms with E-state index in [0.29, 0.717) is 0 Å². The lowest BCUT2D eigenvalue weighted by Crippen LogP contribution is -2.36. The van der Waals surface area contributed by atoms with Crippen LogP contribution in [0.3, 0.4) is 0 Å². The zero-order valence-corrected chi connectivity index (χ0v) is 14.7. The maximum atomic E-state index is 5.97. The molecule has 1 aliphatic heterocycles. The Morgan fingerprint density at radius 3 is 2.43 bits per heavy atom. The molecule has 1 aromatic carbocycles. The van der Waals surface area contributed by atoms with E-state index in [4.69, 9.17) is 15.2 Å². The first-order chi connectivity index (χ1) is 11.0. The molecule has 1 fully saturated rings. The molecule has 0 atom stereocenters. The maximum absolute atomic E-state index is 5.97. The quantitative estimate of drug-likeness (QED) is 0.711. The van der Waals surface area contributed by atoms with Crippen molar-refractivity contribution in [3.63, 3.8) is 0 Å². The number of hydrogen-bond acceptors (Lipinski definition) is 4. The van der Waals surface area contributed by atoms with Gasteiger partial charge in [0, 0.05) is 30.9 Å². The fourth-order valence-corrected chi connectivity index (χ4v) is 2.77. The highest BCUT2D eigenvalue weighted by molar-refractivity contribution is 5.47. The molecule has 23 heavy (non-hydrogen) atoms. The summed E-state index contributed by atoms with van der Waals surface area (Å²) in [5, 5.41) is 0. The van der Waals surface area contributed by atoms with E-state index in [1.54, 1.807) is 0 Å². The fraction of sp³-hybridized carbons (Fsp3) is 0.684. The second-order valence-electron chi connectivity index (χ2n) is 7.07. The highest BCUT2D eigenvalue weighted by Gasteiger charge is 2.11. The Labute approximate surface area is 140 Å². The molecule has 0 unspecified atom stereocenters. The van der Waals surface area contributed by atoms with E-state index in [2.05, 4.69) is 43.0 Å². The van der Waals surface area contributed by atoms with Gasteiger partial charge in [-0.3, -0.25) is 0 Å². The van der Waals surface area contributed by atoms with Crippen molar-refractivity contribution in [1.82, 2.24) is 0 Å². The highest BCUT2D eigenvalue weighted by atomic mass is 16.5. The third-order valence-electron chi connectivity index (χ3n) is 4.21. The van der Waals surface area contributed by atoms with Crippen LogP contribution >= 0.6 is 0 Å². The van der Waals surface area contributed by atoms with Crippen LogP contribution in [0.4, 0.5) is 5.69 Å². The van der Waals surface area contributed by atoms with Gasteiger partial charge in [-0.05, 0) is 57.2 Å². The lowest BCUT2D eigenvalue weighted by molar-refractivity contribution is 0.122. The van der Waals surface area contributed by atoms with E-state index in [1.807, 2.05) is 0 Å². The molecule has 0 spiro atoms. The average molecular weight is 320 g/mol. The number of ether oxygens (including phenoxy) is 2. The first-order valence-corrected chi connectivity index (χ1v) is 8.83. The number of morpholine rings is 1. The van der Waals surface area contributed by atoms with Crippen LogP contribution in [0.5, 0.6) is 0 Å². The Kier molecular flexibility index (Phi) is 7.34. The van der Waals surface area contributed by atoms with Crippen molar-refractivity contribution < 1.29 is 9.47 Å². The SMILES string of the molecule is CC(C)(N)CCCCOCCc1ccc(N2CCOCC2)cc1. The molecule has 130 valence electrons. The van der Waals surface area contributed by atoms with Crippen LogP contribution < -0.4 is 10.6 Å². The number of nitrogens with two attached hydrogens (primary N) is 1. The topological polar surface area (TPSA) is 47.7 Å². The van der Waals surface area contributed by atoms with Crippen molar-refractivity contribution in [2.75, 3.05) is 44.4 Å². The van der Waals surface area contributed by atoms with Gasteiger partial charge in [-0.25, -0.2) is 0 Å². The minimum atomic E-state index is -0.0533. The highest BCUT2D eigenvalue weighted by Crippen LogP contribution is 2.17. The van der Waals surface area contributed by atoms with Crippen molar-refractivity contribution in [3.8, 4) is 0 Å². The smallest absolute Gasteiger partial charge is 0.0642 e. The van der Waals surface area contributed by atoms with Crippen LogP contribution in [0.1, 0.15) is 38.7 Å². The number of nitrogens with zero attached hydrogens (tertiary/aromatic N) is 1. The Morgan fingerprint density at radius 1 is 1.09 bits per heavy atom. The summed E-state index contributed by atoms with van der Waals surface area (Å²) in [5.41, 5.74) is 8.55. The van der Waals surface area contributed by atoms with Crippen molar-refractivity contribution >= 4 is 5.69 Å². The van der Waals surface area contributed by atoms with Gasteiger partial charge in [0.2, 0.25) is 0 Å². The molecule has 0 radical (unpaired) electrons. The molecule has 4 nitrogen and oxygen atoms in total. The summed E-state index contributed by atoms with van der Waals surface area (Å²) >= 11 is 0. The van der Waals surface area contributed by atoms with E-state index >= 15 is 0 Å². The Bertz CT molecular complexity index is 434. The van der Waals surface area contributed by atoms with Gasteiger partial charge in [-0.2, -0.15) is 0 Å². The lowest BCUT2D eigenvalue weighted by Gasteiger charge is -2.28. The first kappa shape index (κ1) is 18.2. The molecule has 0 aliphatic carbocycles. The Balaban J connectivity index is 1.59. The van der Waals surface area contributed by atoms with Crippen molar-refractivity contribution in [2.24, 2.45) is 5.73 Å². The first-order valence-electron chi connectivity index (χ1n) is 8.83. The van der Waals surface area contributed by atoms with Crippen molar-refractivity contribution in [1.29, 1.82) is 0 Å². The Morgan fingerprint density at radius 2 is 1.78 bits per heavy atom. The molecular formula is C19H32N2O2. The van der Waals surface area contributed by atoms with E-state index in [1.165, 1.54) is 11.3 Å². The van der Waals surface area contributed by atoms with Gasteiger partial charge < -0.3 is 20.1 Å². The molecule has 4 heteroatoms. The third-order valence-corrected chi connectivity index (χ3v) is 4.21. The van der Waals surface area contributed by atoms with E-state index < -0.39 is 0 Å². The van der Waals surface area contributed by atoms with E-state index in [9.17, 15) is 0 Å². The minimum Gasteiger partial charge on any atom is -0.381 e. The van der Waals surface area contributed by atoms with Gasteiger partial charge in [0.15, 0.2) is 0 Å². The minimum absolute atomic E-state index is 0.0533. The lowest BCUT2D eigenvalue weighted by atomic mass is 9.99. The van der Waals surface area contributed by atoms with Gasteiger partial charge in [-0.15, -0.1) is 0 Å². The molecule has 2 rings (SSSR count). The van der Waals surface area contributed by atoms with Gasteiger partial charge in [0.05, 0.1) is 19.8 Å². The average Bonchev–Trinajstić information content (AvgIpc) is 2.54. The van der Waals surface area contributed by atoms with Crippen LogP contribution in [0.25, 0.3) is 0 Å². The van der Waals surface area contributed by atoms with E-state index in [-0.39, 0.29) is 5.54 Å². The van der Waals surface area contributed by atoms with Gasteiger partial charge in [0.25, 0.3) is 0 Å². The maximum Gasteiger partial charge on any atom is 0.0642 e. The van der Waals surface area contributed by atoms with E-state index in [0.717, 1.165) is 65.2 Å². The molecule has 0 aromatic heterocycles. The molecule has 0 bridgehead atoms. The van der Waals surface area contributed by atoms with Crippen LogP contribution in [0, 0.1) is 0 Å². The normalized spacial score (nSPS) is 15.9. The summed E-state index contributed by atoms with van der Waals surface area (Å²) in [6.07, 6.45) is 4.26. The molecule has 2 N–H and O–H groups in total. The Hall–Kier alpha value is -1.10. The number of hydrogen-bond donors (Lipinski definition) is 1. The molecule has 0 amide bonds. The molecule has 1 aliphatic rings. The summed E-state index contributed by atoms with van der Waals surface area (Å²) in [4.78, 5) is 2.38. The second-order valence-corrected chi connectivity index (χ2v) is 7.07. The van der Waals surface area contributed by atoms with Crippen LogP contribution in [-0.2, 0) is 15.9 Å². The number of benzene rings is 1. The monoisotopic (exact) mass is 320 g/mol. The third kappa shape index (κ3) is 7.34. The van der Waals surface area contributed by atoms with Crippen molar-refractivity contribution in [2.45, 2.75) is 45.1 Å². The predicted molar refractivity (Wildman–Crippen MR) is 96.1 cm³/mol. The number of anilines is 1. The molecule has 1 saturated heterocycles. The fourth-order valence-electron chi connectivity index (χ4n) is 2.77. The summed E-state index contributed by atoms with van der Waals surface area (Å²) in [7, 11) is 0. The van der Waals surface area contributed by atoms with Gasteiger partial charge in [0.1, 0.15) is 0 Å². The number of unbranched alkanes of at least 4 members (excludes halogenated alkanes) is 1.